The van der Waals surface area contributed by atoms with Crippen molar-refractivity contribution in [1.82, 2.24) is 5.27 Å². The van der Waals surface area contributed by atoms with E-state index in [1.54, 1.807) is 38.3 Å². The summed E-state index contributed by atoms with van der Waals surface area (Å²) >= 11 is 2.47. The highest BCUT2D eigenvalue weighted by atomic mass is 32.2. The molecule has 186 valence electrons. The molecule has 0 aliphatic heterocycles. The standard InChI is InChI=1S/C24H27N3O6S2/c1-14(34-22-24(30)33-26-27(22)15-10-12-16(31-2)13-11-15)20(28)25-21-19(23(29)32-3)17-8-6-4-5-7-9-18(17)35-21/h10-14H,4-9H2,1-3H3,(H-,25,26,28,29,30). The molecule has 4 rings (SSSR count). The van der Waals surface area contributed by atoms with Gasteiger partial charge >= 0.3 is 5.97 Å². The summed E-state index contributed by atoms with van der Waals surface area (Å²) in [4.78, 5) is 26.9. The molecule has 1 N–H and O–H groups in total. The van der Waals surface area contributed by atoms with Crippen molar-refractivity contribution in [2.75, 3.05) is 19.5 Å². The van der Waals surface area contributed by atoms with Crippen molar-refractivity contribution in [3.05, 3.63) is 40.3 Å². The number of carbonyl (C=O) groups excluding carboxylic acids is 2. The number of nitrogens with zero attached hydrogens (tertiary/aromatic N) is 2. The molecule has 0 saturated heterocycles. The van der Waals surface area contributed by atoms with Crippen molar-refractivity contribution in [3.8, 4) is 17.4 Å². The first-order valence-electron chi connectivity index (χ1n) is 11.4. The van der Waals surface area contributed by atoms with Gasteiger partial charge in [-0.05, 0) is 66.7 Å². The second kappa shape index (κ2) is 11.1. The molecule has 1 unspecified atom stereocenters. The Hall–Kier alpha value is -3.05. The van der Waals surface area contributed by atoms with Gasteiger partial charge in [0, 0.05) is 17.0 Å². The number of benzene rings is 1. The number of ether oxygens (including phenoxy) is 2. The van der Waals surface area contributed by atoms with Gasteiger partial charge in [0.1, 0.15) is 10.8 Å². The Kier molecular flexibility index (Phi) is 7.97. The topological polar surface area (TPSA) is 118 Å². The SMILES string of the molecule is COC(=O)c1c(NC(=O)C(C)Sc2c([O-])on[n+]2-c2ccc(OC)cc2)sc2c1CCCCCC2. The van der Waals surface area contributed by atoms with E-state index < -0.39 is 17.2 Å². The van der Waals surface area contributed by atoms with Crippen molar-refractivity contribution >= 4 is 40.0 Å². The molecular weight excluding hydrogens is 490 g/mol. The van der Waals surface area contributed by atoms with E-state index in [-0.39, 0.29) is 10.9 Å². The number of thioether (sulfide) groups is 1. The molecular formula is C24H27N3O6S2. The average Bonchev–Trinajstić information content (AvgIpc) is 3.37. The molecule has 1 atom stereocenters. The molecule has 3 aromatic rings. The third kappa shape index (κ3) is 5.46. The molecule has 0 radical (unpaired) electrons. The average molecular weight is 518 g/mol. The quantitative estimate of drug-likeness (QED) is 0.287. The van der Waals surface area contributed by atoms with E-state index in [1.165, 1.54) is 23.1 Å². The molecule has 1 aliphatic rings. The third-order valence-corrected chi connectivity index (χ3v) is 8.18. The molecule has 1 aromatic carbocycles. The molecule has 0 bridgehead atoms. The first-order chi connectivity index (χ1) is 16.9. The number of anilines is 1. The largest absolute Gasteiger partial charge is 0.538 e. The van der Waals surface area contributed by atoms with Gasteiger partial charge in [0.25, 0.3) is 5.03 Å². The van der Waals surface area contributed by atoms with Crippen LogP contribution in [0.3, 0.4) is 0 Å². The van der Waals surface area contributed by atoms with Crippen LogP contribution >= 0.6 is 23.1 Å². The summed E-state index contributed by atoms with van der Waals surface area (Å²) in [5.41, 5.74) is 2.02. The lowest BCUT2D eigenvalue weighted by Crippen LogP contribution is -2.36. The van der Waals surface area contributed by atoms with Gasteiger partial charge in [0.05, 0.1) is 30.3 Å². The Morgan fingerprint density at radius 3 is 2.57 bits per heavy atom. The summed E-state index contributed by atoms with van der Waals surface area (Å²) in [7, 11) is 2.91. The van der Waals surface area contributed by atoms with E-state index in [0.717, 1.165) is 60.7 Å². The number of thiophene rings is 1. The number of aromatic nitrogens is 2. The van der Waals surface area contributed by atoms with Crippen LogP contribution in [0.5, 0.6) is 11.7 Å². The maximum atomic E-state index is 13.1. The van der Waals surface area contributed by atoms with Gasteiger partial charge in [-0.1, -0.05) is 12.8 Å². The lowest BCUT2D eigenvalue weighted by molar-refractivity contribution is -0.705. The number of nitrogens with one attached hydrogen (secondary N) is 1. The molecule has 0 saturated carbocycles. The van der Waals surface area contributed by atoms with Crippen LogP contribution in [0.25, 0.3) is 5.69 Å². The minimum absolute atomic E-state index is 0.171. The molecule has 0 fully saturated rings. The molecule has 2 aromatic heterocycles. The monoisotopic (exact) mass is 517 g/mol. The molecule has 11 heteroatoms. The fourth-order valence-electron chi connectivity index (χ4n) is 3.99. The Morgan fingerprint density at radius 1 is 1.17 bits per heavy atom. The van der Waals surface area contributed by atoms with Crippen LogP contribution in [0.1, 0.15) is 53.4 Å². The number of hydrogen-bond donors (Lipinski definition) is 1. The maximum absolute atomic E-state index is 13.1. The van der Waals surface area contributed by atoms with E-state index in [9.17, 15) is 14.7 Å². The van der Waals surface area contributed by atoms with Crippen LogP contribution in [0.15, 0.2) is 33.8 Å². The van der Waals surface area contributed by atoms with Gasteiger partial charge in [-0.15, -0.1) is 11.3 Å². The van der Waals surface area contributed by atoms with Crippen LogP contribution in [0.4, 0.5) is 5.00 Å². The number of amides is 1. The zero-order valence-electron chi connectivity index (χ0n) is 19.8. The highest BCUT2D eigenvalue weighted by Gasteiger charge is 2.30. The Labute approximate surface area is 211 Å². The van der Waals surface area contributed by atoms with Crippen molar-refractivity contribution < 1.29 is 33.4 Å². The van der Waals surface area contributed by atoms with Crippen LogP contribution in [-0.4, -0.2) is 36.6 Å². The molecule has 2 heterocycles. The van der Waals surface area contributed by atoms with Crippen LogP contribution in [0, 0.1) is 0 Å². The molecule has 35 heavy (non-hydrogen) atoms. The lowest BCUT2D eigenvalue weighted by atomic mass is 9.96. The van der Waals surface area contributed by atoms with Gasteiger partial charge in [0.2, 0.25) is 11.6 Å². The third-order valence-electron chi connectivity index (χ3n) is 5.84. The van der Waals surface area contributed by atoms with Gasteiger partial charge in [-0.3, -0.25) is 4.79 Å². The normalized spacial score (nSPS) is 14.4. The summed E-state index contributed by atoms with van der Waals surface area (Å²) in [6, 6.07) is 6.95. The number of fused-ring (bicyclic) bond motifs is 1. The molecule has 1 aliphatic carbocycles. The summed E-state index contributed by atoms with van der Waals surface area (Å²) in [6.45, 7) is 1.69. The highest BCUT2D eigenvalue weighted by Crippen LogP contribution is 2.38. The summed E-state index contributed by atoms with van der Waals surface area (Å²) < 4.78 is 16.4. The van der Waals surface area contributed by atoms with Gasteiger partial charge in [-0.25, -0.2) is 4.79 Å². The van der Waals surface area contributed by atoms with Crippen LogP contribution in [-0.2, 0) is 22.4 Å². The number of aryl methyl sites for hydroxylation is 1. The summed E-state index contributed by atoms with van der Waals surface area (Å²) in [5.74, 6) is -0.762. The number of methoxy groups -OCH3 is 2. The zero-order valence-corrected chi connectivity index (χ0v) is 21.4. The minimum Gasteiger partial charge on any atom is -0.538 e. The summed E-state index contributed by atoms with van der Waals surface area (Å²) in [6.07, 6.45) is 6.00. The van der Waals surface area contributed by atoms with E-state index in [4.69, 9.17) is 14.0 Å². The minimum atomic E-state index is -0.665. The Bertz CT molecular complexity index is 1200. The van der Waals surface area contributed by atoms with Gasteiger partial charge in [-0.2, -0.15) is 0 Å². The fourth-order valence-corrected chi connectivity index (χ4v) is 6.14. The van der Waals surface area contributed by atoms with E-state index in [1.807, 2.05) is 0 Å². The first-order valence-corrected chi connectivity index (χ1v) is 13.1. The second-order valence-electron chi connectivity index (χ2n) is 8.14. The van der Waals surface area contributed by atoms with E-state index >= 15 is 0 Å². The van der Waals surface area contributed by atoms with E-state index in [0.29, 0.717) is 22.0 Å². The highest BCUT2D eigenvalue weighted by molar-refractivity contribution is 8.00. The molecule has 1 amide bonds. The number of carbonyl (C=O) groups is 2. The maximum Gasteiger partial charge on any atom is 0.341 e. The van der Waals surface area contributed by atoms with Crippen molar-refractivity contribution in [1.29, 1.82) is 0 Å². The van der Waals surface area contributed by atoms with Crippen molar-refractivity contribution in [2.24, 2.45) is 0 Å². The second-order valence-corrected chi connectivity index (χ2v) is 10.6. The predicted octanol–water partition coefficient (Wildman–Crippen LogP) is 3.66. The van der Waals surface area contributed by atoms with Gasteiger partial charge in [0.15, 0.2) is 5.95 Å². The lowest BCUT2D eigenvalue weighted by Gasteiger charge is -2.12. The smallest absolute Gasteiger partial charge is 0.341 e. The Morgan fingerprint density at radius 2 is 1.89 bits per heavy atom. The predicted molar refractivity (Wildman–Crippen MR) is 130 cm³/mol. The van der Waals surface area contributed by atoms with Crippen molar-refractivity contribution in [2.45, 2.75) is 55.7 Å². The number of rotatable bonds is 7. The van der Waals surface area contributed by atoms with Gasteiger partial charge < -0.3 is 24.4 Å². The Balaban J connectivity index is 1.55. The first kappa shape index (κ1) is 25.1. The zero-order chi connectivity index (χ0) is 24.9. The number of hydrogen-bond acceptors (Lipinski definition) is 9. The fraction of sp³-hybridized carbons (Fsp3) is 0.417. The van der Waals surface area contributed by atoms with Crippen molar-refractivity contribution in [3.63, 3.8) is 0 Å². The van der Waals surface area contributed by atoms with Crippen LogP contribution in [0.2, 0.25) is 0 Å². The molecule has 9 nitrogen and oxygen atoms in total. The number of esters is 1. The molecule has 0 spiro atoms. The summed E-state index contributed by atoms with van der Waals surface area (Å²) in [5, 5.41) is 19.1. The van der Waals surface area contributed by atoms with Crippen LogP contribution < -0.4 is 19.8 Å². The van der Waals surface area contributed by atoms with E-state index in [2.05, 4.69) is 10.6 Å².